The van der Waals surface area contributed by atoms with Crippen LogP contribution in [-0.4, -0.2) is 69.7 Å². The van der Waals surface area contributed by atoms with Crippen molar-refractivity contribution in [1.29, 1.82) is 0 Å². The fourth-order valence-electron chi connectivity index (χ4n) is 3.37. The van der Waals surface area contributed by atoms with Gasteiger partial charge in [-0.2, -0.15) is 4.39 Å². The van der Waals surface area contributed by atoms with Gasteiger partial charge in [-0.1, -0.05) is 18.2 Å². The highest BCUT2D eigenvalue weighted by molar-refractivity contribution is 5.69. The first-order valence-corrected chi connectivity index (χ1v) is 9.79. The summed E-state index contributed by atoms with van der Waals surface area (Å²) >= 11 is 0. The number of hydrogen-bond acceptors (Lipinski definition) is 7. The van der Waals surface area contributed by atoms with Gasteiger partial charge in [-0.05, 0) is 23.8 Å². The zero-order valence-corrected chi connectivity index (χ0v) is 16.5. The SMILES string of the molecule is COc1ccc(/C=C/c2nc(N3CCOCC3)c(F)c(N3CCOCC3)n2)cc1. The van der Waals surface area contributed by atoms with E-state index in [0.29, 0.717) is 70.1 Å². The zero-order valence-electron chi connectivity index (χ0n) is 16.5. The molecule has 0 radical (unpaired) electrons. The fraction of sp³-hybridized carbons (Fsp3) is 0.429. The molecule has 29 heavy (non-hydrogen) atoms. The first-order valence-electron chi connectivity index (χ1n) is 9.79. The van der Waals surface area contributed by atoms with E-state index >= 15 is 4.39 Å². The van der Waals surface area contributed by atoms with Crippen LogP contribution in [0.3, 0.4) is 0 Å². The predicted octanol–water partition coefficient (Wildman–Crippen LogP) is 2.47. The Labute approximate surface area is 169 Å². The van der Waals surface area contributed by atoms with E-state index in [2.05, 4.69) is 9.97 Å². The van der Waals surface area contributed by atoms with E-state index in [9.17, 15) is 0 Å². The summed E-state index contributed by atoms with van der Waals surface area (Å²) in [4.78, 5) is 12.9. The van der Waals surface area contributed by atoms with Crippen molar-refractivity contribution in [2.24, 2.45) is 0 Å². The van der Waals surface area contributed by atoms with Crippen LogP contribution in [0.15, 0.2) is 24.3 Å². The van der Waals surface area contributed by atoms with Crippen molar-refractivity contribution in [2.45, 2.75) is 0 Å². The summed E-state index contributed by atoms with van der Waals surface area (Å²) in [5.41, 5.74) is 0.986. The highest BCUT2D eigenvalue weighted by Crippen LogP contribution is 2.27. The molecule has 0 aliphatic carbocycles. The zero-order chi connectivity index (χ0) is 20.1. The van der Waals surface area contributed by atoms with Crippen molar-refractivity contribution in [3.05, 3.63) is 41.5 Å². The maximum atomic E-state index is 15.3. The molecule has 2 aromatic rings. The first-order chi connectivity index (χ1) is 14.2. The third-order valence-corrected chi connectivity index (χ3v) is 5.00. The molecule has 0 spiro atoms. The standard InChI is InChI=1S/C21H25FN4O3/c1-27-17-5-2-16(3-6-17)4-7-18-23-20(25-8-12-28-13-9-25)19(22)21(24-18)26-10-14-29-15-11-26/h2-7H,8-15H2,1H3/b7-4+. The second-order valence-electron chi connectivity index (χ2n) is 6.85. The quantitative estimate of drug-likeness (QED) is 0.764. The summed E-state index contributed by atoms with van der Waals surface area (Å²) in [5, 5.41) is 0. The average Bonchev–Trinajstić information content (AvgIpc) is 2.80. The molecule has 2 aliphatic rings. The van der Waals surface area contributed by atoms with E-state index in [1.54, 1.807) is 7.11 Å². The Bertz CT molecular complexity index is 808. The summed E-state index contributed by atoms with van der Waals surface area (Å²) in [6.07, 6.45) is 3.73. The minimum absolute atomic E-state index is 0.333. The van der Waals surface area contributed by atoms with Crippen LogP contribution in [0, 0.1) is 5.82 Å². The summed E-state index contributed by atoms with van der Waals surface area (Å²) in [7, 11) is 1.64. The monoisotopic (exact) mass is 400 g/mol. The second-order valence-corrected chi connectivity index (χ2v) is 6.85. The number of aromatic nitrogens is 2. The van der Waals surface area contributed by atoms with Gasteiger partial charge in [-0.15, -0.1) is 0 Å². The van der Waals surface area contributed by atoms with E-state index in [1.807, 2.05) is 46.2 Å². The van der Waals surface area contributed by atoms with Gasteiger partial charge in [0.15, 0.2) is 17.5 Å². The lowest BCUT2D eigenvalue weighted by atomic mass is 10.2. The molecule has 0 atom stereocenters. The number of anilines is 2. The Morgan fingerprint density at radius 1 is 0.862 bits per heavy atom. The Balaban J connectivity index is 1.66. The van der Waals surface area contributed by atoms with Crippen molar-refractivity contribution in [3.63, 3.8) is 0 Å². The Hall–Kier alpha value is -2.71. The van der Waals surface area contributed by atoms with Gasteiger partial charge >= 0.3 is 0 Å². The van der Waals surface area contributed by atoms with Gasteiger partial charge in [0.25, 0.3) is 0 Å². The number of methoxy groups -OCH3 is 1. The third-order valence-electron chi connectivity index (χ3n) is 5.00. The molecule has 1 aromatic heterocycles. The highest BCUT2D eigenvalue weighted by Gasteiger charge is 2.25. The van der Waals surface area contributed by atoms with Crippen LogP contribution in [0.4, 0.5) is 16.0 Å². The van der Waals surface area contributed by atoms with E-state index < -0.39 is 0 Å². The largest absolute Gasteiger partial charge is 0.497 e. The number of nitrogens with zero attached hydrogens (tertiary/aromatic N) is 4. The normalized spacial score (nSPS) is 17.7. The molecular formula is C21H25FN4O3. The maximum Gasteiger partial charge on any atom is 0.208 e. The molecule has 0 amide bonds. The van der Waals surface area contributed by atoms with Gasteiger partial charge in [-0.3, -0.25) is 0 Å². The van der Waals surface area contributed by atoms with Crippen LogP contribution >= 0.6 is 0 Å². The number of rotatable bonds is 5. The number of hydrogen-bond donors (Lipinski definition) is 0. The van der Waals surface area contributed by atoms with E-state index in [1.165, 1.54) is 0 Å². The van der Waals surface area contributed by atoms with Crippen LogP contribution in [-0.2, 0) is 9.47 Å². The van der Waals surface area contributed by atoms with E-state index in [-0.39, 0.29) is 5.82 Å². The van der Waals surface area contributed by atoms with E-state index in [4.69, 9.17) is 14.2 Å². The van der Waals surface area contributed by atoms with Gasteiger partial charge in [0.2, 0.25) is 5.82 Å². The molecule has 8 heteroatoms. The van der Waals surface area contributed by atoms with Gasteiger partial charge in [0.1, 0.15) is 5.75 Å². The van der Waals surface area contributed by atoms with Crippen LogP contribution in [0.2, 0.25) is 0 Å². The molecule has 3 heterocycles. The van der Waals surface area contributed by atoms with Crippen molar-refractivity contribution in [1.82, 2.24) is 9.97 Å². The minimum atomic E-state index is -0.379. The van der Waals surface area contributed by atoms with Gasteiger partial charge in [0.05, 0.1) is 33.5 Å². The molecule has 2 aliphatic heterocycles. The molecule has 1 aromatic carbocycles. The van der Waals surface area contributed by atoms with Crippen LogP contribution in [0.25, 0.3) is 12.2 Å². The van der Waals surface area contributed by atoms with Gasteiger partial charge < -0.3 is 24.0 Å². The number of morpholine rings is 2. The Kier molecular flexibility index (Phi) is 6.21. The molecule has 0 saturated carbocycles. The lowest BCUT2D eigenvalue weighted by molar-refractivity contribution is 0.121. The van der Waals surface area contributed by atoms with Crippen molar-refractivity contribution in [3.8, 4) is 5.75 Å². The number of halogens is 1. The average molecular weight is 400 g/mol. The second kappa shape index (κ2) is 9.19. The number of benzene rings is 1. The molecule has 2 fully saturated rings. The predicted molar refractivity (Wildman–Crippen MR) is 110 cm³/mol. The van der Waals surface area contributed by atoms with Crippen LogP contribution < -0.4 is 14.5 Å². The van der Waals surface area contributed by atoms with Crippen LogP contribution in [0.1, 0.15) is 11.4 Å². The van der Waals surface area contributed by atoms with Gasteiger partial charge in [0, 0.05) is 26.2 Å². The van der Waals surface area contributed by atoms with Crippen molar-refractivity contribution < 1.29 is 18.6 Å². The van der Waals surface area contributed by atoms with E-state index in [0.717, 1.165) is 11.3 Å². The summed E-state index contributed by atoms with van der Waals surface area (Å²) in [5.74, 6) is 1.56. The van der Waals surface area contributed by atoms with Gasteiger partial charge in [-0.25, -0.2) is 9.97 Å². The van der Waals surface area contributed by atoms with Crippen molar-refractivity contribution >= 4 is 23.8 Å². The fourth-order valence-corrected chi connectivity index (χ4v) is 3.37. The summed E-state index contributed by atoms with van der Waals surface area (Å²) < 4.78 is 31.3. The highest BCUT2D eigenvalue weighted by atomic mass is 19.1. The van der Waals surface area contributed by atoms with Crippen molar-refractivity contribution in [2.75, 3.05) is 69.5 Å². The summed E-state index contributed by atoms with van der Waals surface area (Å²) in [6.45, 7) is 4.69. The molecule has 4 rings (SSSR count). The smallest absolute Gasteiger partial charge is 0.208 e. The third kappa shape index (κ3) is 4.65. The summed E-state index contributed by atoms with van der Waals surface area (Å²) in [6, 6.07) is 7.68. The molecule has 0 bridgehead atoms. The number of ether oxygens (including phenoxy) is 3. The Morgan fingerprint density at radius 3 is 1.86 bits per heavy atom. The minimum Gasteiger partial charge on any atom is -0.497 e. The molecule has 154 valence electrons. The topological polar surface area (TPSA) is 60.0 Å². The molecular weight excluding hydrogens is 375 g/mol. The Morgan fingerprint density at radius 2 is 1.38 bits per heavy atom. The molecule has 2 saturated heterocycles. The first kappa shape index (κ1) is 19.6. The molecule has 0 unspecified atom stereocenters. The molecule has 0 N–H and O–H groups in total. The molecule has 7 nitrogen and oxygen atoms in total. The van der Waals surface area contributed by atoms with Crippen LogP contribution in [0.5, 0.6) is 5.75 Å². The maximum absolute atomic E-state index is 15.3. The lowest BCUT2D eigenvalue weighted by Crippen LogP contribution is -2.40. The lowest BCUT2D eigenvalue weighted by Gasteiger charge is -2.31.